The Morgan fingerprint density at radius 2 is 2.12 bits per heavy atom. The molecule has 1 unspecified atom stereocenters. The number of aromatic nitrogens is 1. The molecule has 0 radical (unpaired) electrons. The summed E-state index contributed by atoms with van der Waals surface area (Å²) in [5.74, 6) is 0. The second kappa shape index (κ2) is 5.36. The van der Waals surface area contributed by atoms with Crippen LogP contribution in [0.15, 0.2) is 0 Å². The second-order valence-electron chi connectivity index (χ2n) is 4.96. The summed E-state index contributed by atoms with van der Waals surface area (Å²) in [5.41, 5.74) is 7.08. The minimum atomic E-state index is 0.100. The topological polar surface area (TPSA) is 42.2 Å². The van der Waals surface area contributed by atoms with Crippen molar-refractivity contribution >= 4 is 16.5 Å². The highest BCUT2D eigenvalue weighted by atomic mass is 32.1. The first-order valence-electron chi connectivity index (χ1n) is 6.63. The summed E-state index contributed by atoms with van der Waals surface area (Å²) in [5, 5.41) is 1.17. The number of nitrogens with two attached hydrogens (primary N) is 1. The molecule has 1 fully saturated rings. The summed E-state index contributed by atoms with van der Waals surface area (Å²) < 4.78 is 0. The number of anilines is 1. The lowest BCUT2D eigenvalue weighted by atomic mass is 10.2. The van der Waals surface area contributed by atoms with E-state index in [1.165, 1.54) is 35.7 Å². The molecule has 1 aliphatic rings. The Hall–Kier alpha value is -0.610. The molecule has 1 saturated carbocycles. The Morgan fingerprint density at radius 3 is 2.59 bits per heavy atom. The van der Waals surface area contributed by atoms with Crippen LogP contribution in [0.2, 0.25) is 0 Å². The van der Waals surface area contributed by atoms with Gasteiger partial charge in [0.15, 0.2) is 5.13 Å². The van der Waals surface area contributed by atoms with Crippen molar-refractivity contribution in [3.05, 3.63) is 10.6 Å². The van der Waals surface area contributed by atoms with Gasteiger partial charge in [-0.1, -0.05) is 12.8 Å². The van der Waals surface area contributed by atoms with Crippen molar-refractivity contribution in [2.75, 3.05) is 11.4 Å². The molecule has 0 bridgehead atoms. The van der Waals surface area contributed by atoms with E-state index in [0.717, 1.165) is 12.2 Å². The van der Waals surface area contributed by atoms with Gasteiger partial charge in [-0.05, 0) is 33.6 Å². The zero-order valence-corrected chi connectivity index (χ0v) is 11.9. The van der Waals surface area contributed by atoms with Gasteiger partial charge in [-0.3, -0.25) is 0 Å². The number of aryl methyl sites for hydroxylation is 1. The molecule has 3 nitrogen and oxygen atoms in total. The molecule has 1 aliphatic carbocycles. The normalized spacial score (nSPS) is 18.6. The van der Waals surface area contributed by atoms with Gasteiger partial charge in [0.25, 0.3) is 0 Å². The molecule has 0 amide bonds. The molecule has 0 saturated heterocycles. The lowest BCUT2D eigenvalue weighted by Crippen LogP contribution is -2.32. The molecule has 0 aromatic carbocycles. The third-order valence-corrected chi connectivity index (χ3v) is 4.98. The average molecular weight is 253 g/mol. The molecular formula is C13H23N3S. The average Bonchev–Trinajstić information content (AvgIpc) is 2.89. The van der Waals surface area contributed by atoms with Crippen LogP contribution < -0.4 is 10.6 Å². The minimum absolute atomic E-state index is 0.100. The third-order valence-electron chi connectivity index (χ3n) is 3.59. The van der Waals surface area contributed by atoms with Gasteiger partial charge in [0.1, 0.15) is 0 Å². The Balaban J connectivity index is 2.21. The highest BCUT2D eigenvalue weighted by Crippen LogP contribution is 2.34. The molecular weight excluding hydrogens is 230 g/mol. The predicted molar refractivity (Wildman–Crippen MR) is 74.7 cm³/mol. The zero-order valence-electron chi connectivity index (χ0n) is 11.1. The summed E-state index contributed by atoms with van der Waals surface area (Å²) in [6, 6.07) is 0.801. The monoisotopic (exact) mass is 253 g/mol. The second-order valence-corrected chi connectivity index (χ2v) is 5.97. The maximum atomic E-state index is 5.97. The van der Waals surface area contributed by atoms with Crippen molar-refractivity contribution in [1.29, 1.82) is 0 Å². The first-order valence-corrected chi connectivity index (χ1v) is 7.44. The van der Waals surface area contributed by atoms with E-state index in [1.807, 2.05) is 6.92 Å². The molecule has 96 valence electrons. The molecule has 2 N–H and O–H groups in total. The summed E-state index contributed by atoms with van der Waals surface area (Å²) in [4.78, 5) is 8.41. The Labute approximate surface area is 108 Å². The smallest absolute Gasteiger partial charge is 0.186 e. The predicted octanol–water partition coefficient (Wildman–Crippen LogP) is 3.24. The number of hydrogen-bond donors (Lipinski definition) is 1. The summed E-state index contributed by atoms with van der Waals surface area (Å²) in [6.07, 6.45) is 5.37. The van der Waals surface area contributed by atoms with Crippen LogP contribution >= 0.6 is 11.3 Å². The van der Waals surface area contributed by atoms with Crippen molar-refractivity contribution in [2.45, 2.75) is 58.5 Å². The fraction of sp³-hybridized carbons (Fsp3) is 0.769. The molecule has 2 rings (SSSR count). The molecule has 1 atom stereocenters. The standard InChI is InChI=1S/C13H23N3S/c1-4-16(11-7-5-6-8-11)13-15-10(3)12(17-13)9(2)14/h9,11H,4-8,14H2,1-3H3. The molecule has 4 heteroatoms. The SMILES string of the molecule is CCN(c1nc(C)c(C(C)N)s1)C1CCCC1. The summed E-state index contributed by atoms with van der Waals surface area (Å²) >= 11 is 1.78. The fourth-order valence-electron chi connectivity index (χ4n) is 2.70. The lowest BCUT2D eigenvalue weighted by molar-refractivity contribution is 0.618. The van der Waals surface area contributed by atoms with Crippen LogP contribution in [-0.4, -0.2) is 17.6 Å². The van der Waals surface area contributed by atoms with Gasteiger partial charge in [0.05, 0.1) is 5.69 Å². The van der Waals surface area contributed by atoms with Crippen LogP contribution in [0.3, 0.4) is 0 Å². The van der Waals surface area contributed by atoms with E-state index in [-0.39, 0.29) is 6.04 Å². The quantitative estimate of drug-likeness (QED) is 0.895. The van der Waals surface area contributed by atoms with Gasteiger partial charge in [0.2, 0.25) is 0 Å². The Morgan fingerprint density at radius 1 is 1.47 bits per heavy atom. The summed E-state index contributed by atoms with van der Waals surface area (Å²) in [7, 11) is 0. The van der Waals surface area contributed by atoms with Gasteiger partial charge < -0.3 is 10.6 Å². The fourth-order valence-corrected chi connectivity index (χ4v) is 3.86. The third kappa shape index (κ3) is 2.63. The zero-order chi connectivity index (χ0) is 12.4. The minimum Gasteiger partial charge on any atom is -0.345 e. The number of hydrogen-bond acceptors (Lipinski definition) is 4. The largest absolute Gasteiger partial charge is 0.345 e. The molecule has 1 heterocycles. The Kier molecular flexibility index (Phi) is 4.05. The van der Waals surface area contributed by atoms with Crippen molar-refractivity contribution in [2.24, 2.45) is 5.73 Å². The van der Waals surface area contributed by atoms with Crippen LogP contribution in [0.5, 0.6) is 0 Å². The lowest BCUT2D eigenvalue weighted by Gasteiger charge is -2.26. The van der Waals surface area contributed by atoms with Gasteiger partial charge in [-0.15, -0.1) is 11.3 Å². The molecule has 0 aliphatic heterocycles. The number of rotatable bonds is 4. The van der Waals surface area contributed by atoms with Crippen molar-refractivity contribution in [1.82, 2.24) is 4.98 Å². The van der Waals surface area contributed by atoms with Crippen molar-refractivity contribution < 1.29 is 0 Å². The highest BCUT2D eigenvalue weighted by molar-refractivity contribution is 7.15. The molecule has 17 heavy (non-hydrogen) atoms. The van der Waals surface area contributed by atoms with Gasteiger partial charge in [0, 0.05) is 23.5 Å². The van der Waals surface area contributed by atoms with Crippen LogP contribution in [0.4, 0.5) is 5.13 Å². The maximum Gasteiger partial charge on any atom is 0.186 e. The van der Waals surface area contributed by atoms with Crippen LogP contribution in [0.1, 0.15) is 56.1 Å². The van der Waals surface area contributed by atoms with Gasteiger partial charge in [-0.25, -0.2) is 4.98 Å². The number of nitrogens with zero attached hydrogens (tertiary/aromatic N) is 2. The van der Waals surface area contributed by atoms with Crippen LogP contribution in [-0.2, 0) is 0 Å². The van der Waals surface area contributed by atoms with E-state index in [1.54, 1.807) is 11.3 Å². The van der Waals surface area contributed by atoms with E-state index >= 15 is 0 Å². The van der Waals surface area contributed by atoms with E-state index < -0.39 is 0 Å². The molecule has 1 aromatic rings. The maximum absolute atomic E-state index is 5.97. The van der Waals surface area contributed by atoms with Gasteiger partial charge in [-0.2, -0.15) is 0 Å². The first kappa shape index (κ1) is 12.8. The van der Waals surface area contributed by atoms with Crippen molar-refractivity contribution in [3.8, 4) is 0 Å². The molecule has 0 spiro atoms. The van der Waals surface area contributed by atoms with E-state index in [4.69, 9.17) is 10.7 Å². The van der Waals surface area contributed by atoms with Crippen LogP contribution in [0.25, 0.3) is 0 Å². The number of thiazole rings is 1. The van der Waals surface area contributed by atoms with Crippen molar-refractivity contribution in [3.63, 3.8) is 0 Å². The van der Waals surface area contributed by atoms with Crippen LogP contribution in [0, 0.1) is 6.92 Å². The highest BCUT2D eigenvalue weighted by Gasteiger charge is 2.24. The van der Waals surface area contributed by atoms with E-state index in [2.05, 4.69) is 18.7 Å². The van der Waals surface area contributed by atoms with E-state index in [9.17, 15) is 0 Å². The first-order chi connectivity index (χ1) is 8.13. The molecule has 1 aromatic heterocycles. The van der Waals surface area contributed by atoms with Gasteiger partial charge >= 0.3 is 0 Å². The Bertz CT molecular complexity index is 367. The summed E-state index contributed by atoms with van der Waals surface area (Å²) in [6.45, 7) is 7.38. The van der Waals surface area contributed by atoms with E-state index in [0.29, 0.717) is 6.04 Å².